The Kier molecular flexibility index (Phi) is 5.03. The van der Waals surface area contributed by atoms with Gasteiger partial charge >= 0.3 is 0 Å². The molecular formula is C24H18FN3O. The van der Waals surface area contributed by atoms with E-state index in [-0.39, 0.29) is 11.7 Å². The third kappa shape index (κ3) is 4.14. The number of aromatic nitrogens is 1. The van der Waals surface area contributed by atoms with Crippen molar-refractivity contribution in [3.63, 3.8) is 0 Å². The van der Waals surface area contributed by atoms with Crippen LogP contribution in [0.15, 0.2) is 91.3 Å². The molecule has 0 unspecified atom stereocenters. The number of halogens is 1. The van der Waals surface area contributed by atoms with Crippen LogP contribution < -0.4 is 11.1 Å². The molecule has 0 radical (unpaired) electrons. The van der Waals surface area contributed by atoms with E-state index in [1.807, 2.05) is 30.3 Å². The molecule has 1 amide bonds. The van der Waals surface area contributed by atoms with Crippen molar-refractivity contribution >= 4 is 17.3 Å². The van der Waals surface area contributed by atoms with Crippen LogP contribution in [0.2, 0.25) is 0 Å². The van der Waals surface area contributed by atoms with Crippen molar-refractivity contribution in [2.24, 2.45) is 0 Å². The van der Waals surface area contributed by atoms with Gasteiger partial charge in [-0.2, -0.15) is 0 Å². The minimum absolute atomic E-state index is 0.259. The van der Waals surface area contributed by atoms with Crippen LogP contribution in [0.1, 0.15) is 10.4 Å². The number of amides is 1. The summed E-state index contributed by atoms with van der Waals surface area (Å²) in [4.78, 5) is 16.8. The summed E-state index contributed by atoms with van der Waals surface area (Å²) >= 11 is 0. The summed E-state index contributed by atoms with van der Waals surface area (Å²) in [6.07, 6.45) is 3.49. The van der Waals surface area contributed by atoms with Gasteiger partial charge in [0.25, 0.3) is 5.91 Å². The van der Waals surface area contributed by atoms with Gasteiger partial charge in [0.2, 0.25) is 0 Å². The number of carbonyl (C=O) groups is 1. The second-order valence-electron chi connectivity index (χ2n) is 6.58. The Bertz CT molecular complexity index is 1140. The fourth-order valence-corrected chi connectivity index (χ4v) is 3.03. The first-order chi connectivity index (χ1) is 14.1. The molecule has 3 aromatic carbocycles. The Hall–Kier alpha value is -3.99. The van der Waals surface area contributed by atoms with Gasteiger partial charge < -0.3 is 11.1 Å². The molecule has 0 aliphatic heterocycles. The molecule has 0 bridgehead atoms. The van der Waals surface area contributed by atoms with Crippen LogP contribution in [0.4, 0.5) is 15.8 Å². The predicted octanol–water partition coefficient (Wildman–Crippen LogP) is 5.39. The molecule has 0 spiro atoms. The van der Waals surface area contributed by atoms with E-state index >= 15 is 0 Å². The van der Waals surface area contributed by atoms with E-state index < -0.39 is 0 Å². The summed E-state index contributed by atoms with van der Waals surface area (Å²) < 4.78 is 13.2. The van der Waals surface area contributed by atoms with Crippen LogP contribution in [0.5, 0.6) is 0 Å². The van der Waals surface area contributed by atoms with Gasteiger partial charge in [-0.1, -0.05) is 36.4 Å². The van der Waals surface area contributed by atoms with Crippen molar-refractivity contribution in [1.82, 2.24) is 4.98 Å². The summed E-state index contributed by atoms with van der Waals surface area (Å²) in [7, 11) is 0. The fraction of sp³-hybridized carbons (Fsp3) is 0. The molecule has 4 nitrogen and oxygen atoms in total. The molecule has 4 aromatic rings. The molecule has 29 heavy (non-hydrogen) atoms. The number of hydrogen-bond donors (Lipinski definition) is 2. The highest BCUT2D eigenvalue weighted by molar-refractivity contribution is 6.06. The van der Waals surface area contributed by atoms with Gasteiger partial charge in [0.15, 0.2) is 0 Å². The van der Waals surface area contributed by atoms with Crippen molar-refractivity contribution in [3.05, 3.63) is 103 Å². The highest BCUT2D eigenvalue weighted by Gasteiger charge is 2.10. The molecule has 142 valence electrons. The predicted molar refractivity (Wildman–Crippen MR) is 114 cm³/mol. The average Bonchev–Trinajstić information content (AvgIpc) is 2.76. The normalized spacial score (nSPS) is 10.5. The smallest absolute Gasteiger partial charge is 0.255 e. The van der Waals surface area contributed by atoms with Gasteiger partial charge in [0.05, 0.1) is 11.4 Å². The molecule has 1 aromatic heterocycles. The van der Waals surface area contributed by atoms with Crippen LogP contribution in [0.25, 0.3) is 22.3 Å². The molecular weight excluding hydrogens is 365 g/mol. The van der Waals surface area contributed by atoms with Crippen LogP contribution in [0.3, 0.4) is 0 Å². The first-order valence-corrected chi connectivity index (χ1v) is 9.07. The minimum Gasteiger partial charge on any atom is -0.397 e. The van der Waals surface area contributed by atoms with Crippen molar-refractivity contribution in [2.45, 2.75) is 0 Å². The molecule has 0 atom stereocenters. The van der Waals surface area contributed by atoms with E-state index in [4.69, 9.17) is 5.73 Å². The summed E-state index contributed by atoms with van der Waals surface area (Å²) in [6.45, 7) is 0. The monoisotopic (exact) mass is 383 g/mol. The lowest BCUT2D eigenvalue weighted by Gasteiger charge is -2.11. The molecule has 5 heteroatoms. The van der Waals surface area contributed by atoms with Crippen LogP contribution >= 0.6 is 0 Å². The molecule has 0 fully saturated rings. The summed E-state index contributed by atoms with van der Waals surface area (Å²) in [5.41, 5.74) is 11.1. The highest BCUT2D eigenvalue weighted by atomic mass is 19.1. The van der Waals surface area contributed by atoms with E-state index in [1.54, 1.807) is 48.8 Å². The Labute approximate surface area is 167 Å². The second-order valence-corrected chi connectivity index (χ2v) is 6.58. The van der Waals surface area contributed by atoms with Gasteiger partial charge in [-0.3, -0.25) is 9.78 Å². The zero-order chi connectivity index (χ0) is 20.2. The summed E-state index contributed by atoms with van der Waals surface area (Å²) in [6, 6.07) is 22.6. The Morgan fingerprint density at radius 1 is 0.828 bits per heavy atom. The lowest BCUT2D eigenvalue weighted by atomic mass is 10.0. The lowest BCUT2D eigenvalue weighted by Crippen LogP contribution is -2.13. The fourth-order valence-electron chi connectivity index (χ4n) is 3.03. The van der Waals surface area contributed by atoms with E-state index in [0.717, 1.165) is 22.3 Å². The average molecular weight is 383 g/mol. The Balaban J connectivity index is 1.55. The third-order valence-corrected chi connectivity index (χ3v) is 4.62. The molecule has 1 heterocycles. The first-order valence-electron chi connectivity index (χ1n) is 9.07. The van der Waals surface area contributed by atoms with Gasteiger partial charge in [0.1, 0.15) is 5.82 Å². The van der Waals surface area contributed by atoms with Crippen LogP contribution in [-0.2, 0) is 0 Å². The quantitative estimate of drug-likeness (QED) is 0.464. The Morgan fingerprint density at radius 2 is 1.48 bits per heavy atom. The third-order valence-electron chi connectivity index (χ3n) is 4.62. The van der Waals surface area contributed by atoms with Crippen molar-refractivity contribution in [1.29, 1.82) is 0 Å². The molecule has 3 N–H and O–H groups in total. The number of hydrogen-bond acceptors (Lipinski definition) is 3. The lowest BCUT2D eigenvalue weighted by molar-refractivity contribution is 0.102. The van der Waals surface area contributed by atoms with E-state index in [9.17, 15) is 9.18 Å². The minimum atomic E-state index is -0.299. The zero-order valence-corrected chi connectivity index (χ0v) is 15.5. The van der Waals surface area contributed by atoms with E-state index in [0.29, 0.717) is 16.9 Å². The zero-order valence-electron chi connectivity index (χ0n) is 15.5. The number of pyridine rings is 1. The van der Waals surface area contributed by atoms with Crippen molar-refractivity contribution < 1.29 is 9.18 Å². The van der Waals surface area contributed by atoms with Gasteiger partial charge in [-0.15, -0.1) is 0 Å². The maximum Gasteiger partial charge on any atom is 0.255 e. The number of benzene rings is 3. The van der Waals surface area contributed by atoms with Crippen LogP contribution in [-0.4, -0.2) is 10.9 Å². The molecule has 0 aliphatic rings. The maximum absolute atomic E-state index is 13.2. The molecule has 4 rings (SSSR count). The van der Waals surface area contributed by atoms with Crippen LogP contribution in [0, 0.1) is 5.82 Å². The van der Waals surface area contributed by atoms with Crippen molar-refractivity contribution in [2.75, 3.05) is 11.1 Å². The number of anilines is 2. The number of nitrogens with one attached hydrogen (secondary N) is 1. The largest absolute Gasteiger partial charge is 0.397 e. The van der Waals surface area contributed by atoms with Gasteiger partial charge in [0, 0.05) is 18.0 Å². The molecule has 0 aliphatic carbocycles. The number of nitrogen functional groups attached to an aromatic ring is 1. The van der Waals surface area contributed by atoms with Gasteiger partial charge in [-0.05, 0) is 64.7 Å². The highest BCUT2D eigenvalue weighted by Crippen LogP contribution is 2.28. The van der Waals surface area contributed by atoms with Gasteiger partial charge in [-0.25, -0.2) is 4.39 Å². The maximum atomic E-state index is 13.2. The number of rotatable bonds is 4. The first kappa shape index (κ1) is 18.4. The van der Waals surface area contributed by atoms with E-state index in [2.05, 4.69) is 10.3 Å². The van der Waals surface area contributed by atoms with E-state index in [1.165, 1.54) is 12.1 Å². The second kappa shape index (κ2) is 7.94. The van der Waals surface area contributed by atoms with Crippen molar-refractivity contribution in [3.8, 4) is 22.3 Å². The standard InChI is InChI=1S/C24H18FN3O/c25-21-10-7-16(8-11-21)19-9-12-22(26)23(14-19)28-24(29)18-5-3-17(4-6-18)20-2-1-13-27-15-20/h1-15H,26H2,(H,28,29). The molecule has 0 saturated carbocycles. The number of nitrogens with zero attached hydrogens (tertiary/aromatic N) is 1. The summed E-state index contributed by atoms with van der Waals surface area (Å²) in [5.74, 6) is -0.557. The SMILES string of the molecule is Nc1ccc(-c2ccc(F)cc2)cc1NC(=O)c1ccc(-c2cccnc2)cc1. The topological polar surface area (TPSA) is 68.0 Å². The summed E-state index contributed by atoms with van der Waals surface area (Å²) in [5, 5.41) is 2.86. The number of carbonyl (C=O) groups excluding carboxylic acids is 1. The molecule has 0 saturated heterocycles. The Morgan fingerprint density at radius 3 is 2.17 bits per heavy atom. The number of nitrogens with two attached hydrogens (primary N) is 1.